The molecule has 0 fully saturated rings. The van der Waals surface area contributed by atoms with Crippen molar-refractivity contribution in [2.75, 3.05) is 13.2 Å². The van der Waals surface area contributed by atoms with Crippen molar-refractivity contribution in [2.24, 2.45) is 0 Å². The van der Waals surface area contributed by atoms with Gasteiger partial charge in [0.2, 0.25) is 0 Å². The fraction of sp³-hybridized carbons (Fsp3) is 1.00. The first-order chi connectivity index (χ1) is 3.31. The molecule has 0 saturated carbocycles. The predicted molar refractivity (Wildman–Crippen MR) is 33.1 cm³/mol. The Labute approximate surface area is 56.0 Å². The van der Waals surface area contributed by atoms with Gasteiger partial charge >= 0.3 is 0 Å². The van der Waals surface area contributed by atoms with Crippen molar-refractivity contribution in [3.8, 4) is 0 Å². The average molecular weight is 218 g/mol. The lowest BCUT2D eigenvalue weighted by molar-refractivity contribution is 0.0667. The summed E-state index contributed by atoms with van der Waals surface area (Å²) in [6.07, 6.45) is -0.725. The molecular formula is C3H7IO3. The summed E-state index contributed by atoms with van der Waals surface area (Å²) in [6.45, 7) is -0.0416. The molecule has 2 N–H and O–H groups in total. The summed E-state index contributed by atoms with van der Waals surface area (Å²) in [5.41, 5.74) is 0. The molecule has 7 heavy (non-hydrogen) atoms. The normalized spacial score (nSPS) is 14.1. The second kappa shape index (κ2) is 4.76. The summed E-state index contributed by atoms with van der Waals surface area (Å²) in [6, 6.07) is 0. The molecule has 0 aliphatic rings. The van der Waals surface area contributed by atoms with Gasteiger partial charge in [0.05, 0.1) is 13.2 Å². The van der Waals surface area contributed by atoms with Crippen molar-refractivity contribution < 1.29 is 13.3 Å². The third-order valence-electron chi connectivity index (χ3n) is 0.466. The summed E-state index contributed by atoms with van der Waals surface area (Å²) in [7, 11) is 0. The minimum Gasteiger partial charge on any atom is -0.394 e. The highest BCUT2D eigenvalue weighted by Gasteiger charge is 1.97. The van der Waals surface area contributed by atoms with Crippen LogP contribution >= 0.6 is 23.0 Å². The van der Waals surface area contributed by atoms with Crippen LogP contribution in [-0.4, -0.2) is 29.5 Å². The van der Waals surface area contributed by atoms with Crippen molar-refractivity contribution in [3.05, 3.63) is 0 Å². The Morgan fingerprint density at radius 2 is 2.29 bits per heavy atom. The highest BCUT2D eigenvalue weighted by Crippen LogP contribution is 1.88. The molecule has 0 spiro atoms. The third-order valence-corrected chi connectivity index (χ3v) is 0.826. The molecule has 0 unspecified atom stereocenters. The monoisotopic (exact) mass is 218 g/mol. The molecular weight excluding hydrogens is 211 g/mol. The van der Waals surface area contributed by atoms with Gasteiger partial charge < -0.3 is 13.3 Å². The van der Waals surface area contributed by atoms with Crippen LogP contribution in [0.1, 0.15) is 0 Å². The number of hydrogen-bond donors (Lipinski definition) is 2. The zero-order chi connectivity index (χ0) is 5.70. The van der Waals surface area contributed by atoms with Crippen LogP contribution in [0.15, 0.2) is 0 Å². The topological polar surface area (TPSA) is 49.7 Å². The smallest absolute Gasteiger partial charge is 0.109 e. The minimum atomic E-state index is -0.725. The fourth-order valence-electron chi connectivity index (χ4n) is 0.125. The number of aliphatic hydroxyl groups excluding tert-OH is 2. The zero-order valence-electron chi connectivity index (χ0n) is 3.67. The van der Waals surface area contributed by atoms with Gasteiger partial charge in [0.1, 0.15) is 29.1 Å². The number of halogens is 1. The first-order valence-corrected chi connectivity index (χ1v) is 2.71. The molecule has 0 heterocycles. The van der Waals surface area contributed by atoms with Gasteiger partial charge in [-0.15, -0.1) is 0 Å². The number of hydrogen-bond acceptors (Lipinski definition) is 3. The molecule has 0 aliphatic carbocycles. The molecule has 0 aromatic heterocycles. The van der Waals surface area contributed by atoms with Crippen molar-refractivity contribution in [1.82, 2.24) is 0 Å². The van der Waals surface area contributed by atoms with E-state index in [1.807, 2.05) is 0 Å². The van der Waals surface area contributed by atoms with E-state index in [0.29, 0.717) is 0 Å². The lowest BCUT2D eigenvalue weighted by atomic mass is 10.4. The molecule has 0 bridgehead atoms. The SMILES string of the molecule is OC[C@@H](O)COI. The molecule has 44 valence electrons. The fourth-order valence-corrected chi connectivity index (χ4v) is 0.540. The molecule has 1 atom stereocenters. The Hall–Kier alpha value is 0.610. The van der Waals surface area contributed by atoms with E-state index >= 15 is 0 Å². The van der Waals surface area contributed by atoms with Gasteiger partial charge in [0.15, 0.2) is 0 Å². The van der Waals surface area contributed by atoms with Gasteiger partial charge in [-0.1, -0.05) is 0 Å². The minimum absolute atomic E-state index is 0.192. The number of rotatable bonds is 3. The standard InChI is InChI=1S/C3H7IO3/c4-7-2-3(6)1-5/h3,5-6H,1-2H2/t3-/m1/s1. The van der Waals surface area contributed by atoms with Crippen LogP contribution in [0, 0.1) is 0 Å². The molecule has 4 heteroatoms. The van der Waals surface area contributed by atoms with Crippen molar-refractivity contribution >= 4 is 23.0 Å². The van der Waals surface area contributed by atoms with E-state index < -0.39 is 6.10 Å². The number of aliphatic hydroxyl groups is 2. The Morgan fingerprint density at radius 3 is 2.43 bits per heavy atom. The summed E-state index contributed by atoms with van der Waals surface area (Å²) in [4.78, 5) is 0. The molecule has 3 nitrogen and oxygen atoms in total. The predicted octanol–water partition coefficient (Wildman–Crippen LogP) is -0.294. The summed E-state index contributed by atoms with van der Waals surface area (Å²) < 4.78 is 4.45. The van der Waals surface area contributed by atoms with Gasteiger partial charge in [0.25, 0.3) is 0 Å². The second-order valence-electron chi connectivity index (χ2n) is 1.11. The molecule has 0 rings (SSSR count). The van der Waals surface area contributed by atoms with Crippen LogP contribution < -0.4 is 0 Å². The average Bonchev–Trinajstić information content (AvgIpc) is 1.68. The van der Waals surface area contributed by atoms with Crippen molar-refractivity contribution in [3.63, 3.8) is 0 Å². The van der Waals surface area contributed by atoms with E-state index in [4.69, 9.17) is 10.2 Å². The zero-order valence-corrected chi connectivity index (χ0v) is 5.83. The Kier molecular flexibility index (Phi) is 5.18. The molecule has 0 radical (unpaired) electrons. The lowest BCUT2D eigenvalue weighted by Crippen LogP contribution is -2.16. The van der Waals surface area contributed by atoms with Crippen LogP contribution in [0.5, 0.6) is 0 Å². The van der Waals surface area contributed by atoms with Gasteiger partial charge in [-0.3, -0.25) is 0 Å². The van der Waals surface area contributed by atoms with Crippen LogP contribution in [0.4, 0.5) is 0 Å². The highest BCUT2D eigenvalue weighted by atomic mass is 127. The van der Waals surface area contributed by atoms with Gasteiger partial charge in [-0.2, -0.15) is 0 Å². The van der Waals surface area contributed by atoms with Gasteiger partial charge in [-0.05, 0) is 0 Å². The Bertz CT molecular complexity index is 41.2. The summed E-state index contributed by atoms with van der Waals surface area (Å²) in [5.74, 6) is 0. The van der Waals surface area contributed by atoms with Crippen LogP contribution in [0.25, 0.3) is 0 Å². The van der Waals surface area contributed by atoms with E-state index in [-0.39, 0.29) is 13.2 Å². The van der Waals surface area contributed by atoms with E-state index in [9.17, 15) is 0 Å². The largest absolute Gasteiger partial charge is 0.394 e. The van der Waals surface area contributed by atoms with Crippen LogP contribution in [-0.2, 0) is 3.07 Å². The first kappa shape index (κ1) is 7.61. The van der Waals surface area contributed by atoms with Crippen molar-refractivity contribution in [1.29, 1.82) is 0 Å². The van der Waals surface area contributed by atoms with E-state index in [2.05, 4.69) is 3.07 Å². The highest BCUT2D eigenvalue weighted by molar-refractivity contribution is 14.1. The Morgan fingerprint density at radius 1 is 1.71 bits per heavy atom. The summed E-state index contributed by atoms with van der Waals surface area (Å²) >= 11 is 1.65. The summed E-state index contributed by atoms with van der Waals surface area (Å²) in [5, 5.41) is 16.6. The van der Waals surface area contributed by atoms with E-state index in [1.165, 1.54) is 0 Å². The van der Waals surface area contributed by atoms with Crippen molar-refractivity contribution in [2.45, 2.75) is 6.10 Å². The van der Waals surface area contributed by atoms with E-state index in [0.717, 1.165) is 0 Å². The molecule has 0 amide bonds. The maximum Gasteiger partial charge on any atom is 0.109 e. The van der Waals surface area contributed by atoms with Gasteiger partial charge in [0, 0.05) is 0 Å². The quantitative estimate of drug-likeness (QED) is 0.639. The second-order valence-corrected chi connectivity index (χ2v) is 1.73. The maximum absolute atomic E-state index is 8.48. The van der Waals surface area contributed by atoms with E-state index in [1.54, 1.807) is 23.0 Å². The van der Waals surface area contributed by atoms with Crippen LogP contribution in [0.3, 0.4) is 0 Å². The Balaban J connectivity index is 2.83. The first-order valence-electron chi connectivity index (χ1n) is 1.83. The lowest BCUT2D eigenvalue weighted by Gasteiger charge is -2.00. The van der Waals surface area contributed by atoms with Crippen LogP contribution in [0.2, 0.25) is 0 Å². The third kappa shape index (κ3) is 4.46. The molecule has 0 aliphatic heterocycles. The maximum atomic E-state index is 8.48. The van der Waals surface area contributed by atoms with Gasteiger partial charge in [-0.25, -0.2) is 0 Å². The molecule has 0 saturated heterocycles. The molecule has 0 aromatic carbocycles. The molecule has 0 aromatic rings.